The summed E-state index contributed by atoms with van der Waals surface area (Å²) < 4.78 is 36.1. The van der Waals surface area contributed by atoms with Gasteiger partial charge in [-0.3, -0.25) is 4.79 Å². The molecular weight excluding hydrogens is 475 g/mol. The maximum absolute atomic E-state index is 13.9. The molecule has 184 valence electrons. The number of ether oxygens (including phenoxy) is 4. The Labute approximate surface area is 208 Å². The highest BCUT2D eigenvalue weighted by Crippen LogP contribution is 2.37. The molecule has 0 aliphatic rings. The summed E-state index contributed by atoms with van der Waals surface area (Å²) in [6.07, 6.45) is 1.43. The van der Waals surface area contributed by atoms with Gasteiger partial charge in [0.2, 0.25) is 0 Å². The van der Waals surface area contributed by atoms with Gasteiger partial charge >= 0.3 is 0 Å². The first kappa shape index (κ1) is 25.8. The Morgan fingerprint density at radius 1 is 1.00 bits per heavy atom. The van der Waals surface area contributed by atoms with Gasteiger partial charge in [-0.05, 0) is 55.8 Å². The maximum atomic E-state index is 13.9. The number of nitrogens with zero attached hydrogens (tertiary/aromatic N) is 1. The summed E-state index contributed by atoms with van der Waals surface area (Å²) in [6.45, 7) is 4.45. The van der Waals surface area contributed by atoms with Gasteiger partial charge in [-0.2, -0.15) is 5.10 Å². The fourth-order valence-corrected chi connectivity index (χ4v) is 3.42. The predicted molar refractivity (Wildman–Crippen MR) is 133 cm³/mol. The molecule has 0 bridgehead atoms. The van der Waals surface area contributed by atoms with Crippen molar-refractivity contribution in [2.75, 3.05) is 20.3 Å². The summed E-state index contributed by atoms with van der Waals surface area (Å²) in [7, 11) is 1.53. The van der Waals surface area contributed by atoms with Crippen LogP contribution in [-0.4, -0.2) is 32.4 Å². The third-order valence-corrected chi connectivity index (χ3v) is 5.05. The number of methoxy groups -OCH3 is 1. The average Bonchev–Trinajstić information content (AvgIpc) is 2.85. The maximum Gasteiger partial charge on any atom is 0.271 e. The first-order valence-corrected chi connectivity index (χ1v) is 11.3. The second kappa shape index (κ2) is 12.6. The molecule has 9 heteroatoms. The molecule has 0 saturated carbocycles. The van der Waals surface area contributed by atoms with Crippen molar-refractivity contribution >= 4 is 23.7 Å². The van der Waals surface area contributed by atoms with E-state index in [-0.39, 0.29) is 17.4 Å². The molecule has 0 unspecified atom stereocenters. The SMILES string of the molecule is CCOc1cc(C(=O)N/N=C/c2cc(Cl)c(OCc3ccccc3F)c(OCC)c2)ccc1OC. The number of benzene rings is 3. The van der Waals surface area contributed by atoms with Gasteiger partial charge in [-0.1, -0.05) is 29.8 Å². The van der Waals surface area contributed by atoms with E-state index >= 15 is 0 Å². The Morgan fingerprint density at radius 3 is 2.46 bits per heavy atom. The van der Waals surface area contributed by atoms with E-state index in [4.69, 9.17) is 30.5 Å². The first-order chi connectivity index (χ1) is 17.0. The minimum Gasteiger partial charge on any atom is -0.493 e. The summed E-state index contributed by atoms with van der Waals surface area (Å²) in [4.78, 5) is 12.5. The van der Waals surface area contributed by atoms with Gasteiger partial charge in [0, 0.05) is 11.1 Å². The Kier molecular flexibility index (Phi) is 9.31. The van der Waals surface area contributed by atoms with Crippen molar-refractivity contribution in [2.45, 2.75) is 20.5 Å². The molecule has 1 amide bonds. The molecule has 0 atom stereocenters. The second-order valence-corrected chi connectivity index (χ2v) is 7.55. The standard InChI is InChI=1S/C26H26ClFN2O5/c1-4-33-23-14-18(10-11-22(23)32-3)26(31)30-29-15-17-12-20(27)25(24(13-17)34-5-2)35-16-19-8-6-7-9-21(19)28/h6-15H,4-5,16H2,1-3H3,(H,30,31)/b29-15+. The van der Waals surface area contributed by atoms with E-state index in [1.807, 2.05) is 13.8 Å². The first-order valence-electron chi connectivity index (χ1n) is 10.9. The Morgan fingerprint density at radius 2 is 1.74 bits per heavy atom. The van der Waals surface area contributed by atoms with Crippen LogP contribution in [0.5, 0.6) is 23.0 Å². The van der Waals surface area contributed by atoms with E-state index in [0.29, 0.717) is 52.9 Å². The molecule has 3 aromatic carbocycles. The van der Waals surface area contributed by atoms with Crippen molar-refractivity contribution in [3.8, 4) is 23.0 Å². The van der Waals surface area contributed by atoms with Crippen LogP contribution in [0.15, 0.2) is 59.7 Å². The lowest BCUT2D eigenvalue weighted by Crippen LogP contribution is -2.17. The zero-order chi connectivity index (χ0) is 25.2. The molecule has 1 N–H and O–H groups in total. The smallest absolute Gasteiger partial charge is 0.271 e. The second-order valence-electron chi connectivity index (χ2n) is 7.14. The number of hydrogen-bond donors (Lipinski definition) is 1. The molecule has 0 aliphatic carbocycles. The number of carbonyl (C=O) groups excluding carboxylic acids is 1. The van der Waals surface area contributed by atoms with Crippen molar-refractivity contribution in [3.05, 3.63) is 82.1 Å². The van der Waals surface area contributed by atoms with Crippen LogP contribution >= 0.6 is 11.6 Å². The fourth-order valence-electron chi connectivity index (χ4n) is 3.15. The summed E-state index contributed by atoms with van der Waals surface area (Å²) in [5.41, 5.74) is 3.79. The lowest BCUT2D eigenvalue weighted by molar-refractivity contribution is 0.0954. The quantitative estimate of drug-likeness (QED) is 0.273. The van der Waals surface area contributed by atoms with Crippen LogP contribution in [0.1, 0.15) is 35.3 Å². The van der Waals surface area contributed by atoms with E-state index in [0.717, 1.165) is 0 Å². The molecule has 0 saturated heterocycles. The number of halogens is 2. The van der Waals surface area contributed by atoms with Gasteiger partial charge in [0.25, 0.3) is 5.91 Å². The summed E-state index contributed by atoms with van der Waals surface area (Å²) in [5, 5.41) is 4.27. The molecular formula is C26H26ClFN2O5. The third kappa shape index (κ3) is 6.86. The molecule has 3 aromatic rings. The Balaban J connectivity index is 1.73. The summed E-state index contributed by atoms with van der Waals surface area (Å²) in [5.74, 6) is 0.866. The minimum absolute atomic E-state index is 0.0123. The Hall–Kier alpha value is -3.78. The number of hydrazone groups is 1. The van der Waals surface area contributed by atoms with Crippen molar-refractivity contribution in [1.29, 1.82) is 0 Å². The summed E-state index contributed by atoms with van der Waals surface area (Å²) >= 11 is 6.42. The zero-order valence-electron chi connectivity index (χ0n) is 19.6. The van der Waals surface area contributed by atoms with Crippen LogP contribution in [0.2, 0.25) is 5.02 Å². The van der Waals surface area contributed by atoms with E-state index in [1.165, 1.54) is 19.4 Å². The molecule has 0 heterocycles. The van der Waals surface area contributed by atoms with Gasteiger partial charge in [0.1, 0.15) is 12.4 Å². The lowest BCUT2D eigenvalue weighted by atomic mass is 10.2. The van der Waals surface area contributed by atoms with Crippen molar-refractivity contribution < 1.29 is 28.1 Å². The van der Waals surface area contributed by atoms with Gasteiger partial charge in [0.05, 0.1) is 31.6 Å². The zero-order valence-corrected chi connectivity index (χ0v) is 20.4. The van der Waals surface area contributed by atoms with Crippen molar-refractivity contribution in [3.63, 3.8) is 0 Å². The van der Waals surface area contributed by atoms with Gasteiger partial charge < -0.3 is 18.9 Å². The topological polar surface area (TPSA) is 78.4 Å². The normalized spacial score (nSPS) is 10.8. The largest absolute Gasteiger partial charge is 0.493 e. The minimum atomic E-state index is -0.425. The van der Waals surface area contributed by atoms with Crippen LogP contribution in [0, 0.1) is 5.82 Å². The van der Waals surface area contributed by atoms with Crippen LogP contribution in [0.4, 0.5) is 4.39 Å². The number of rotatable bonds is 11. The highest BCUT2D eigenvalue weighted by Gasteiger charge is 2.14. The van der Waals surface area contributed by atoms with E-state index in [9.17, 15) is 9.18 Å². The van der Waals surface area contributed by atoms with Crippen molar-refractivity contribution in [1.82, 2.24) is 5.43 Å². The van der Waals surface area contributed by atoms with E-state index in [1.54, 1.807) is 48.5 Å². The van der Waals surface area contributed by atoms with E-state index < -0.39 is 5.91 Å². The highest BCUT2D eigenvalue weighted by atomic mass is 35.5. The van der Waals surface area contributed by atoms with Gasteiger partial charge in [-0.15, -0.1) is 0 Å². The summed E-state index contributed by atoms with van der Waals surface area (Å²) in [6, 6.07) is 14.4. The lowest BCUT2D eigenvalue weighted by Gasteiger charge is -2.14. The number of carbonyl (C=O) groups is 1. The monoisotopic (exact) mass is 500 g/mol. The molecule has 35 heavy (non-hydrogen) atoms. The van der Waals surface area contributed by atoms with E-state index in [2.05, 4.69) is 10.5 Å². The molecule has 0 fully saturated rings. The van der Waals surface area contributed by atoms with Crippen LogP contribution in [-0.2, 0) is 6.61 Å². The van der Waals surface area contributed by atoms with Crippen LogP contribution in [0.25, 0.3) is 0 Å². The highest BCUT2D eigenvalue weighted by molar-refractivity contribution is 6.32. The number of hydrogen-bond acceptors (Lipinski definition) is 6. The van der Waals surface area contributed by atoms with Crippen LogP contribution < -0.4 is 24.4 Å². The predicted octanol–water partition coefficient (Wildman–Crippen LogP) is 5.63. The van der Waals surface area contributed by atoms with Crippen molar-refractivity contribution in [2.24, 2.45) is 5.10 Å². The molecule has 3 rings (SSSR count). The molecule has 0 spiro atoms. The number of amides is 1. The van der Waals surface area contributed by atoms with Gasteiger partial charge in [-0.25, -0.2) is 9.82 Å². The average molecular weight is 501 g/mol. The molecule has 0 radical (unpaired) electrons. The third-order valence-electron chi connectivity index (χ3n) is 4.77. The van der Waals surface area contributed by atoms with Crippen LogP contribution in [0.3, 0.4) is 0 Å². The Bertz CT molecular complexity index is 1200. The van der Waals surface area contributed by atoms with Gasteiger partial charge in [0.15, 0.2) is 23.0 Å². The number of nitrogens with one attached hydrogen (secondary N) is 1. The molecule has 0 aliphatic heterocycles. The molecule has 0 aromatic heterocycles. The fraction of sp³-hybridized carbons (Fsp3) is 0.231. The molecule has 7 nitrogen and oxygen atoms in total.